The van der Waals surface area contributed by atoms with Crippen LogP contribution in [0.1, 0.15) is 24.7 Å². The number of hydrogen-bond acceptors (Lipinski definition) is 6. The number of nitrogens with two attached hydrogens (primary N) is 1. The number of hydrazine groups is 1. The summed E-state index contributed by atoms with van der Waals surface area (Å²) in [4.78, 5) is 8.74. The van der Waals surface area contributed by atoms with E-state index >= 15 is 0 Å². The number of halogens is 1. The van der Waals surface area contributed by atoms with Gasteiger partial charge in [-0.2, -0.15) is 5.26 Å². The maximum absolute atomic E-state index is 8.87. The van der Waals surface area contributed by atoms with E-state index in [1.807, 2.05) is 6.07 Å². The second kappa shape index (κ2) is 7.02. The third-order valence-electron chi connectivity index (χ3n) is 2.75. The average molecular weight is 347 g/mol. The lowest BCUT2D eigenvalue weighted by Crippen LogP contribution is -2.11. The first kappa shape index (κ1) is 15.2. The highest BCUT2D eigenvalue weighted by molar-refractivity contribution is 9.10. The van der Waals surface area contributed by atoms with Crippen molar-refractivity contribution in [1.29, 1.82) is 5.26 Å². The Hall–Kier alpha value is -2.17. The molecule has 0 aliphatic heterocycles. The van der Waals surface area contributed by atoms with Gasteiger partial charge in [-0.1, -0.05) is 6.92 Å². The van der Waals surface area contributed by atoms with Gasteiger partial charge >= 0.3 is 0 Å². The molecule has 1 aromatic heterocycles. The van der Waals surface area contributed by atoms with E-state index in [-0.39, 0.29) is 0 Å². The molecule has 1 aromatic carbocycles. The van der Waals surface area contributed by atoms with Crippen LogP contribution >= 0.6 is 15.9 Å². The number of nitrogens with zero attached hydrogens (tertiary/aromatic N) is 3. The smallest absolute Gasteiger partial charge is 0.145 e. The number of aromatic nitrogens is 2. The van der Waals surface area contributed by atoms with Crippen molar-refractivity contribution in [3.8, 4) is 6.07 Å². The fourth-order valence-electron chi connectivity index (χ4n) is 1.79. The van der Waals surface area contributed by atoms with Gasteiger partial charge < -0.3 is 10.7 Å². The molecule has 0 saturated heterocycles. The number of hydrogen-bond donors (Lipinski definition) is 3. The van der Waals surface area contributed by atoms with Crippen LogP contribution in [-0.2, 0) is 6.42 Å². The Kier molecular flexibility index (Phi) is 5.09. The zero-order valence-electron chi connectivity index (χ0n) is 11.5. The summed E-state index contributed by atoms with van der Waals surface area (Å²) in [7, 11) is 0. The Bertz CT molecular complexity index is 680. The summed E-state index contributed by atoms with van der Waals surface area (Å²) < 4.78 is 0.791. The van der Waals surface area contributed by atoms with E-state index in [2.05, 4.69) is 49.6 Å². The zero-order chi connectivity index (χ0) is 15.2. The fraction of sp³-hybridized carbons (Fsp3) is 0.214. The number of nitriles is 1. The van der Waals surface area contributed by atoms with Crippen LogP contribution in [0.3, 0.4) is 0 Å². The van der Waals surface area contributed by atoms with Gasteiger partial charge in [0.2, 0.25) is 0 Å². The molecule has 21 heavy (non-hydrogen) atoms. The molecule has 6 nitrogen and oxygen atoms in total. The van der Waals surface area contributed by atoms with Crippen LogP contribution in [0.2, 0.25) is 0 Å². The molecule has 0 atom stereocenters. The van der Waals surface area contributed by atoms with Gasteiger partial charge in [0.05, 0.1) is 17.3 Å². The van der Waals surface area contributed by atoms with Gasteiger partial charge in [0.15, 0.2) is 0 Å². The lowest BCUT2D eigenvalue weighted by atomic mass is 10.2. The van der Waals surface area contributed by atoms with Crippen molar-refractivity contribution in [2.24, 2.45) is 5.84 Å². The van der Waals surface area contributed by atoms with Gasteiger partial charge in [-0.15, -0.1) is 0 Å². The number of nitrogen functional groups attached to an aromatic ring is 1. The number of aryl methyl sites for hydroxylation is 1. The normalized spacial score (nSPS) is 10.0. The Labute approximate surface area is 131 Å². The van der Waals surface area contributed by atoms with Gasteiger partial charge in [-0.05, 0) is 40.5 Å². The highest BCUT2D eigenvalue weighted by Gasteiger charge is 2.06. The maximum Gasteiger partial charge on any atom is 0.145 e. The van der Waals surface area contributed by atoms with Crippen molar-refractivity contribution in [3.63, 3.8) is 0 Å². The first-order valence-corrected chi connectivity index (χ1v) is 7.26. The summed E-state index contributed by atoms with van der Waals surface area (Å²) >= 11 is 3.43. The Morgan fingerprint density at radius 1 is 1.29 bits per heavy atom. The second-order valence-corrected chi connectivity index (χ2v) is 5.23. The average Bonchev–Trinajstić information content (AvgIpc) is 2.49. The van der Waals surface area contributed by atoms with Gasteiger partial charge in [-0.25, -0.2) is 15.8 Å². The van der Waals surface area contributed by atoms with Crippen LogP contribution in [0, 0.1) is 11.3 Å². The van der Waals surface area contributed by atoms with Crippen molar-refractivity contribution in [2.75, 3.05) is 10.7 Å². The van der Waals surface area contributed by atoms with Crippen LogP contribution < -0.4 is 16.6 Å². The number of benzene rings is 1. The van der Waals surface area contributed by atoms with E-state index in [4.69, 9.17) is 11.1 Å². The minimum absolute atomic E-state index is 0.556. The Balaban J connectivity index is 2.30. The molecule has 0 spiro atoms. The highest BCUT2D eigenvalue weighted by Crippen LogP contribution is 2.26. The van der Waals surface area contributed by atoms with Crippen LogP contribution in [0.25, 0.3) is 0 Å². The summed E-state index contributed by atoms with van der Waals surface area (Å²) in [5.74, 6) is 7.36. The lowest BCUT2D eigenvalue weighted by molar-refractivity contribution is 0.837. The van der Waals surface area contributed by atoms with Gasteiger partial charge in [-0.3, -0.25) is 0 Å². The molecule has 1 heterocycles. The van der Waals surface area contributed by atoms with Crippen molar-refractivity contribution in [3.05, 3.63) is 40.1 Å². The van der Waals surface area contributed by atoms with E-state index in [1.165, 1.54) is 0 Å². The standard InChI is InChI=1S/C14H15BrN6/c1-2-3-12-19-13(7-14(20-12)21-17)18-11-5-4-9(8-16)6-10(11)15/h4-7H,2-3,17H2,1H3,(H2,18,19,20,21). The molecular weight excluding hydrogens is 332 g/mol. The number of rotatable bonds is 5. The largest absolute Gasteiger partial charge is 0.339 e. The fourth-order valence-corrected chi connectivity index (χ4v) is 2.27. The second-order valence-electron chi connectivity index (χ2n) is 4.38. The third kappa shape index (κ3) is 3.90. The molecule has 2 aromatic rings. The summed E-state index contributed by atoms with van der Waals surface area (Å²) in [6.07, 6.45) is 1.73. The van der Waals surface area contributed by atoms with E-state index in [9.17, 15) is 0 Å². The van der Waals surface area contributed by atoms with Crippen molar-refractivity contribution in [1.82, 2.24) is 9.97 Å². The zero-order valence-corrected chi connectivity index (χ0v) is 13.1. The number of nitrogens with one attached hydrogen (secondary N) is 2. The van der Waals surface area contributed by atoms with E-state index in [0.29, 0.717) is 17.2 Å². The van der Waals surface area contributed by atoms with E-state index in [1.54, 1.807) is 18.2 Å². The predicted octanol–water partition coefficient (Wildman–Crippen LogP) is 3.09. The number of anilines is 3. The van der Waals surface area contributed by atoms with Crippen LogP contribution in [0.15, 0.2) is 28.7 Å². The summed E-state index contributed by atoms with van der Waals surface area (Å²) in [6, 6.07) is 9.13. The molecule has 0 aliphatic carbocycles. The monoisotopic (exact) mass is 346 g/mol. The quantitative estimate of drug-likeness (QED) is 0.568. The van der Waals surface area contributed by atoms with Crippen LogP contribution in [0.5, 0.6) is 0 Å². The Morgan fingerprint density at radius 2 is 2.05 bits per heavy atom. The molecule has 0 fully saturated rings. The molecule has 0 amide bonds. The minimum atomic E-state index is 0.556. The molecule has 0 unspecified atom stereocenters. The SMILES string of the molecule is CCCc1nc(NN)cc(Nc2ccc(C#N)cc2Br)n1. The van der Waals surface area contributed by atoms with Crippen molar-refractivity contribution >= 4 is 33.3 Å². The molecule has 108 valence electrons. The minimum Gasteiger partial charge on any atom is -0.339 e. The van der Waals surface area contributed by atoms with E-state index in [0.717, 1.165) is 28.8 Å². The topological polar surface area (TPSA) is 99.6 Å². The van der Waals surface area contributed by atoms with Gasteiger partial charge in [0, 0.05) is 17.0 Å². The maximum atomic E-state index is 8.87. The molecule has 7 heteroatoms. The van der Waals surface area contributed by atoms with Gasteiger partial charge in [0.1, 0.15) is 17.5 Å². The molecule has 0 aliphatic rings. The van der Waals surface area contributed by atoms with Crippen LogP contribution in [-0.4, -0.2) is 9.97 Å². The summed E-state index contributed by atoms with van der Waals surface area (Å²) in [5.41, 5.74) is 3.95. The lowest BCUT2D eigenvalue weighted by Gasteiger charge is -2.11. The third-order valence-corrected chi connectivity index (χ3v) is 3.41. The first-order valence-electron chi connectivity index (χ1n) is 6.47. The first-order chi connectivity index (χ1) is 10.2. The van der Waals surface area contributed by atoms with Crippen molar-refractivity contribution < 1.29 is 0 Å². The highest BCUT2D eigenvalue weighted by atomic mass is 79.9. The molecule has 0 bridgehead atoms. The van der Waals surface area contributed by atoms with Crippen molar-refractivity contribution in [2.45, 2.75) is 19.8 Å². The van der Waals surface area contributed by atoms with E-state index < -0.39 is 0 Å². The molecule has 4 N–H and O–H groups in total. The predicted molar refractivity (Wildman–Crippen MR) is 86.0 cm³/mol. The molecule has 0 saturated carbocycles. The molecule has 2 rings (SSSR count). The summed E-state index contributed by atoms with van der Waals surface area (Å²) in [5, 5.41) is 12.1. The molecular formula is C14H15BrN6. The summed E-state index contributed by atoms with van der Waals surface area (Å²) in [6.45, 7) is 2.07. The van der Waals surface area contributed by atoms with Gasteiger partial charge in [0.25, 0.3) is 0 Å². The molecule has 0 radical (unpaired) electrons. The van der Waals surface area contributed by atoms with Crippen LogP contribution in [0.4, 0.5) is 17.3 Å². The Morgan fingerprint density at radius 3 is 2.67 bits per heavy atom.